The molecule has 35 heavy (non-hydrogen) atoms. The van der Waals surface area contributed by atoms with Crippen LogP contribution in [0.1, 0.15) is 30.9 Å². The van der Waals surface area contributed by atoms with Crippen LogP contribution in [0.25, 0.3) is 0 Å². The third kappa shape index (κ3) is 7.41. The first-order chi connectivity index (χ1) is 17.0. The Labute approximate surface area is 212 Å². The fourth-order valence-electron chi connectivity index (χ4n) is 4.77. The van der Waals surface area contributed by atoms with Crippen molar-refractivity contribution in [3.63, 3.8) is 0 Å². The summed E-state index contributed by atoms with van der Waals surface area (Å²) in [6.07, 6.45) is 3.24. The molecule has 1 atom stereocenters. The van der Waals surface area contributed by atoms with E-state index in [2.05, 4.69) is 32.9 Å². The lowest BCUT2D eigenvalue weighted by molar-refractivity contribution is -0.128. The zero-order valence-corrected chi connectivity index (χ0v) is 21.0. The van der Waals surface area contributed by atoms with Gasteiger partial charge in [-0.25, -0.2) is 9.80 Å². The lowest BCUT2D eigenvalue weighted by atomic mass is 10.0. The molecule has 3 amide bonds. The number of hydrogen-bond acceptors (Lipinski definition) is 5. The number of urea groups is 1. The Kier molecular flexibility index (Phi) is 8.98. The van der Waals surface area contributed by atoms with E-state index in [9.17, 15) is 9.59 Å². The van der Waals surface area contributed by atoms with E-state index in [0.717, 1.165) is 57.7 Å². The van der Waals surface area contributed by atoms with Crippen LogP contribution in [0.4, 0.5) is 10.5 Å². The largest absolute Gasteiger partial charge is 0.322 e. The molecule has 3 N–H and O–H groups in total. The number of benzene rings is 2. The van der Waals surface area contributed by atoms with Gasteiger partial charge in [-0.2, -0.15) is 0 Å². The molecule has 8 nitrogen and oxygen atoms in total. The normalized spacial score (nSPS) is 19.5. The van der Waals surface area contributed by atoms with E-state index in [-0.39, 0.29) is 5.91 Å². The summed E-state index contributed by atoms with van der Waals surface area (Å²) in [5, 5.41) is 8.16. The first kappa shape index (κ1) is 25.4. The fourth-order valence-corrected chi connectivity index (χ4v) is 4.90. The number of hydrazine groups is 1. The summed E-state index contributed by atoms with van der Waals surface area (Å²) < 4.78 is 0. The zero-order chi connectivity index (χ0) is 24.6. The maximum atomic E-state index is 13.3. The van der Waals surface area contributed by atoms with Crippen LogP contribution in [-0.2, 0) is 4.79 Å². The minimum atomic E-state index is -0.817. The average molecular weight is 499 g/mol. The van der Waals surface area contributed by atoms with Crippen molar-refractivity contribution in [3.8, 4) is 0 Å². The standard InChI is InChI=1S/C26H35ClN6O2/c1-31-14-5-15-32(19-18-31)23-12-16-33(17-13-23)30-25(34)24(20-6-3-2-4-7-20)29-26(35)28-22-10-8-21(27)9-11-22/h2-4,6-11,23-24H,5,12-19H2,1H3,(H,30,34)(H2,28,29,35). The first-order valence-electron chi connectivity index (χ1n) is 12.3. The van der Waals surface area contributed by atoms with E-state index in [1.165, 1.54) is 6.42 Å². The van der Waals surface area contributed by atoms with Gasteiger partial charge in [0.1, 0.15) is 6.04 Å². The van der Waals surface area contributed by atoms with E-state index < -0.39 is 12.1 Å². The molecule has 0 aromatic heterocycles. The number of likely N-dealkylation sites (N-methyl/N-ethyl adjacent to an activating group) is 1. The number of nitrogens with zero attached hydrogens (tertiary/aromatic N) is 3. The molecule has 0 saturated carbocycles. The molecule has 2 aromatic rings. The SMILES string of the molecule is CN1CCCN(C2CCN(NC(=O)C(NC(=O)Nc3ccc(Cl)cc3)c3ccccc3)CC2)CC1. The van der Waals surface area contributed by atoms with Crippen LogP contribution in [0.2, 0.25) is 5.02 Å². The van der Waals surface area contributed by atoms with Crippen LogP contribution in [0, 0.1) is 0 Å². The summed E-state index contributed by atoms with van der Waals surface area (Å²) in [6, 6.07) is 15.4. The van der Waals surface area contributed by atoms with E-state index >= 15 is 0 Å². The van der Waals surface area contributed by atoms with Crippen molar-refractivity contribution in [3.05, 3.63) is 65.2 Å². The number of carbonyl (C=O) groups excluding carboxylic acids is 2. The molecule has 0 aliphatic carbocycles. The number of anilines is 1. The molecule has 0 radical (unpaired) electrons. The van der Waals surface area contributed by atoms with Crippen molar-refractivity contribution in [2.45, 2.75) is 31.3 Å². The molecule has 2 aliphatic rings. The topological polar surface area (TPSA) is 80.0 Å². The summed E-state index contributed by atoms with van der Waals surface area (Å²) >= 11 is 5.92. The van der Waals surface area contributed by atoms with Crippen molar-refractivity contribution in [1.29, 1.82) is 0 Å². The van der Waals surface area contributed by atoms with Gasteiger partial charge < -0.3 is 15.5 Å². The van der Waals surface area contributed by atoms with Gasteiger partial charge in [0.15, 0.2) is 0 Å². The third-order valence-corrected chi connectivity index (χ3v) is 7.03. The highest BCUT2D eigenvalue weighted by Gasteiger charge is 2.29. The Balaban J connectivity index is 1.33. The molecule has 2 saturated heterocycles. The molecule has 188 valence electrons. The summed E-state index contributed by atoms with van der Waals surface area (Å²) in [4.78, 5) is 31.0. The summed E-state index contributed by atoms with van der Waals surface area (Å²) in [5.41, 5.74) is 4.36. The van der Waals surface area contributed by atoms with Crippen LogP contribution >= 0.6 is 11.6 Å². The Bertz CT molecular complexity index is 966. The first-order valence-corrected chi connectivity index (χ1v) is 12.7. The second kappa shape index (κ2) is 12.4. The molecule has 0 spiro atoms. The fraction of sp³-hybridized carbons (Fsp3) is 0.462. The third-order valence-electron chi connectivity index (χ3n) is 6.78. The lowest BCUT2D eigenvalue weighted by Crippen LogP contribution is -2.54. The van der Waals surface area contributed by atoms with Crippen molar-refractivity contribution in [1.82, 2.24) is 25.6 Å². The van der Waals surface area contributed by atoms with Crippen molar-refractivity contribution in [2.75, 3.05) is 51.6 Å². The number of amides is 3. The molecule has 2 heterocycles. The predicted octanol–water partition coefficient (Wildman–Crippen LogP) is 3.34. The van der Waals surface area contributed by atoms with E-state index in [1.807, 2.05) is 35.3 Å². The van der Waals surface area contributed by atoms with Gasteiger partial charge in [-0.15, -0.1) is 0 Å². The van der Waals surface area contributed by atoms with Crippen LogP contribution < -0.4 is 16.1 Å². The summed E-state index contributed by atoms with van der Waals surface area (Å²) in [7, 11) is 2.19. The monoisotopic (exact) mass is 498 g/mol. The highest BCUT2D eigenvalue weighted by atomic mass is 35.5. The second-order valence-corrected chi connectivity index (χ2v) is 9.77. The smallest absolute Gasteiger partial charge is 0.320 e. The predicted molar refractivity (Wildman–Crippen MR) is 139 cm³/mol. The van der Waals surface area contributed by atoms with E-state index in [4.69, 9.17) is 11.6 Å². The number of halogens is 1. The maximum absolute atomic E-state index is 13.3. The molecule has 0 bridgehead atoms. The number of carbonyl (C=O) groups is 2. The van der Waals surface area contributed by atoms with Crippen LogP contribution in [0.15, 0.2) is 54.6 Å². The molecular weight excluding hydrogens is 464 g/mol. The molecule has 2 aromatic carbocycles. The van der Waals surface area contributed by atoms with Gasteiger partial charge in [0.2, 0.25) is 0 Å². The molecule has 2 fully saturated rings. The second-order valence-electron chi connectivity index (χ2n) is 9.34. The molecular formula is C26H35ClN6O2. The molecule has 9 heteroatoms. The number of rotatable bonds is 6. The number of nitrogens with one attached hydrogen (secondary N) is 3. The van der Waals surface area contributed by atoms with Gasteiger partial charge in [0, 0.05) is 42.9 Å². The quantitative estimate of drug-likeness (QED) is 0.569. The number of piperidine rings is 1. The van der Waals surface area contributed by atoms with Crippen LogP contribution in [-0.4, -0.2) is 79.1 Å². The van der Waals surface area contributed by atoms with E-state index in [1.54, 1.807) is 24.3 Å². The lowest BCUT2D eigenvalue weighted by Gasteiger charge is -2.38. The molecule has 4 rings (SSSR count). The van der Waals surface area contributed by atoms with Gasteiger partial charge >= 0.3 is 6.03 Å². The van der Waals surface area contributed by atoms with Gasteiger partial charge in [-0.05, 0) is 69.2 Å². The number of hydrogen-bond donors (Lipinski definition) is 3. The van der Waals surface area contributed by atoms with Gasteiger partial charge in [0.05, 0.1) is 0 Å². The maximum Gasteiger partial charge on any atom is 0.320 e. The average Bonchev–Trinajstić information content (AvgIpc) is 3.09. The summed E-state index contributed by atoms with van der Waals surface area (Å²) in [6.45, 7) is 6.10. The van der Waals surface area contributed by atoms with Crippen LogP contribution in [0.3, 0.4) is 0 Å². The molecule has 2 aliphatic heterocycles. The van der Waals surface area contributed by atoms with Gasteiger partial charge in [0.25, 0.3) is 5.91 Å². The Hall–Kier alpha value is -2.65. The minimum Gasteiger partial charge on any atom is -0.322 e. The highest BCUT2D eigenvalue weighted by molar-refractivity contribution is 6.30. The zero-order valence-electron chi connectivity index (χ0n) is 20.3. The van der Waals surface area contributed by atoms with Gasteiger partial charge in [-0.1, -0.05) is 41.9 Å². The van der Waals surface area contributed by atoms with Crippen molar-refractivity contribution in [2.24, 2.45) is 0 Å². The Morgan fingerprint density at radius 1 is 0.914 bits per heavy atom. The van der Waals surface area contributed by atoms with E-state index in [0.29, 0.717) is 16.8 Å². The minimum absolute atomic E-state index is 0.252. The Morgan fingerprint density at radius 3 is 2.34 bits per heavy atom. The van der Waals surface area contributed by atoms with Crippen LogP contribution in [0.5, 0.6) is 0 Å². The highest BCUT2D eigenvalue weighted by Crippen LogP contribution is 2.19. The molecule has 1 unspecified atom stereocenters. The van der Waals surface area contributed by atoms with Crippen molar-refractivity contribution < 1.29 is 9.59 Å². The van der Waals surface area contributed by atoms with Gasteiger partial charge in [-0.3, -0.25) is 15.1 Å². The summed E-state index contributed by atoms with van der Waals surface area (Å²) in [5.74, 6) is -0.252. The Morgan fingerprint density at radius 2 is 1.63 bits per heavy atom. The van der Waals surface area contributed by atoms with Crippen molar-refractivity contribution >= 4 is 29.2 Å².